The zero-order valence-electron chi connectivity index (χ0n) is 12.0. The standard InChI is InChI=1S/C14H27NO3/c1-13(2)6-10(7-14(3,4)9-13)15-8-11(16)5-12(17)18/h10-11,15-16H,5-9H2,1-4H3,(H,17,18). The number of hydrogen-bond acceptors (Lipinski definition) is 3. The Kier molecular flexibility index (Phi) is 4.78. The summed E-state index contributed by atoms with van der Waals surface area (Å²) >= 11 is 0. The lowest BCUT2D eigenvalue weighted by atomic mass is 9.63. The van der Waals surface area contributed by atoms with Crippen LogP contribution in [0, 0.1) is 10.8 Å². The first-order valence-corrected chi connectivity index (χ1v) is 6.73. The minimum absolute atomic E-state index is 0.188. The van der Waals surface area contributed by atoms with Gasteiger partial charge in [0.2, 0.25) is 0 Å². The number of hydrogen-bond donors (Lipinski definition) is 3. The third-order valence-electron chi connectivity index (χ3n) is 3.61. The van der Waals surface area contributed by atoms with Gasteiger partial charge in [-0.3, -0.25) is 4.79 Å². The third kappa shape index (κ3) is 5.36. The predicted octanol–water partition coefficient (Wildman–Crippen LogP) is 2.02. The Hall–Kier alpha value is -0.610. The zero-order valence-corrected chi connectivity index (χ0v) is 12.0. The van der Waals surface area contributed by atoms with Gasteiger partial charge in [0, 0.05) is 12.6 Å². The van der Waals surface area contributed by atoms with Crippen molar-refractivity contribution in [1.29, 1.82) is 0 Å². The first kappa shape index (κ1) is 15.4. The van der Waals surface area contributed by atoms with E-state index in [0.29, 0.717) is 23.4 Å². The molecule has 4 heteroatoms. The summed E-state index contributed by atoms with van der Waals surface area (Å²) in [6.45, 7) is 9.46. The van der Waals surface area contributed by atoms with Gasteiger partial charge in [0.25, 0.3) is 0 Å². The quantitative estimate of drug-likeness (QED) is 0.704. The molecule has 0 saturated heterocycles. The lowest BCUT2D eigenvalue weighted by Crippen LogP contribution is -2.46. The summed E-state index contributed by atoms with van der Waals surface area (Å²) in [7, 11) is 0. The molecule has 4 nitrogen and oxygen atoms in total. The Labute approximate surface area is 110 Å². The molecular formula is C14H27NO3. The van der Waals surface area contributed by atoms with E-state index in [4.69, 9.17) is 5.11 Å². The van der Waals surface area contributed by atoms with Crippen molar-refractivity contribution in [3.05, 3.63) is 0 Å². The number of aliphatic hydroxyl groups excluding tert-OH is 1. The first-order valence-electron chi connectivity index (χ1n) is 6.73. The second kappa shape index (κ2) is 5.57. The van der Waals surface area contributed by atoms with Crippen LogP contribution in [0.25, 0.3) is 0 Å². The molecule has 1 rings (SSSR count). The second-order valence-electron chi connectivity index (χ2n) is 7.27. The molecule has 1 fully saturated rings. The van der Waals surface area contributed by atoms with Crippen LogP contribution in [0.15, 0.2) is 0 Å². The average Bonchev–Trinajstić information content (AvgIpc) is 2.08. The van der Waals surface area contributed by atoms with Crippen molar-refractivity contribution in [3.63, 3.8) is 0 Å². The van der Waals surface area contributed by atoms with E-state index in [2.05, 4.69) is 33.0 Å². The summed E-state index contributed by atoms with van der Waals surface area (Å²) in [5.74, 6) is -0.950. The van der Waals surface area contributed by atoms with Gasteiger partial charge in [-0.1, -0.05) is 27.7 Å². The number of aliphatic hydroxyl groups is 1. The van der Waals surface area contributed by atoms with Gasteiger partial charge in [-0.05, 0) is 30.1 Å². The normalized spacial score (nSPS) is 24.7. The maximum absolute atomic E-state index is 10.5. The van der Waals surface area contributed by atoms with Crippen LogP contribution in [0.3, 0.4) is 0 Å². The molecule has 1 atom stereocenters. The summed E-state index contributed by atoms with van der Waals surface area (Å²) < 4.78 is 0. The van der Waals surface area contributed by atoms with Gasteiger partial charge in [-0.25, -0.2) is 0 Å². The fraction of sp³-hybridized carbons (Fsp3) is 0.929. The largest absolute Gasteiger partial charge is 0.481 e. The van der Waals surface area contributed by atoms with Crippen LogP contribution in [-0.2, 0) is 4.79 Å². The van der Waals surface area contributed by atoms with Crippen LogP contribution in [-0.4, -0.2) is 34.9 Å². The minimum atomic E-state index is -0.950. The van der Waals surface area contributed by atoms with Crippen molar-refractivity contribution >= 4 is 5.97 Å². The molecule has 1 aliphatic carbocycles. The third-order valence-corrected chi connectivity index (χ3v) is 3.61. The van der Waals surface area contributed by atoms with Crippen LogP contribution < -0.4 is 5.32 Å². The van der Waals surface area contributed by atoms with E-state index in [0.717, 1.165) is 12.8 Å². The number of carboxylic acid groups (broad SMARTS) is 1. The lowest BCUT2D eigenvalue weighted by molar-refractivity contribution is -0.139. The SMILES string of the molecule is CC1(C)CC(NCC(O)CC(=O)O)CC(C)(C)C1. The molecule has 18 heavy (non-hydrogen) atoms. The van der Waals surface area contributed by atoms with Crippen LogP contribution >= 0.6 is 0 Å². The molecule has 0 amide bonds. The lowest BCUT2D eigenvalue weighted by Gasteiger charge is -2.45. The number of carboxylic acids is 1. The number of rotatable bonds is 5. The summed E-state index contributed by atoms with van der Waals surface area (Å²) in [5, 5.41) is 21.5. The van der Waals surface area contributed by atoms with E-state index in [9.17, 15) is 9.90 Å². The summed E-state index contributed by atoms with van der Waals surface area (Å²) in [6, 6.07) is 0.368. The molecule has 0 radical (unpaired) electrons. The molecule has 0 bridgehead atoms. The molecule has 0 aromatic heterocycles. The fourth-order valence-electron chi connectivity index (χ4n) is 3.57. The van der Waals surface area contributed by atoms with E-state index < -0.39 is 12.1 Å². The molecular weight excluding hydrogens is 230 g/mol. The van der Waals surface area contributed by atoms with Crippen LogP contribution in [0.4, 0.5) is 0 Å². The highest BCUT2D eigenvalue weighted by Gasteiger charge is 2.38. The molecule has 1 saturated carbocycles. The van der Waals surface area contributed by atoms with Gasteiger partial charge in [-0.15, -0.1) is 0 Å². The Morgan fingerprint density at radius 3 is 2.22 bits per heavy atom. The van der Waals surface area contributed by atoms with E-state index >= 15 is 0 Å². The van der Waals surface area contributed by atoms with Crippen molar-refractivity contribution in [2.24, 2.45) is 10.8 Å². The number of carbonyl (C=O) groups is 1. The molecule has 0 heterocycles. The predicted molar refractivity (Wildman–Crippen MR) is 71.5 cm³/mol. The van der Waals surface area contributed by atoms with Gasteiger partial charge in [0.05, 0.1) is 12.5 Å². The molecule has 1 aliphatic rings. The van der Waals surface area contributed by atoms with Gasteiger partial charge < -0.3 is 15.5 Å². The molecule has 0 aliphatic heterocycles. The molecule has 0 aromatic rings. The highest BCUT2D eigenvalue weighted by atomic mass is 16.4. The van der Waals surface area contributed by atoms with E-state index in [-0.39, 0.29) is 6.42 Å². The Morgan fingerprint density at radius 1 is 1.28 bits per heavy atom. The molecule has 0 aromatic carbocycles. The van der Waals surface area contributed by atoms with E-state index in [1.807, 2.05) is 0 Å². The maximum atomic E-state index is 10.5. The highest BCUT2D eigenvalue weighted by molar-refractivity contribution is 5.67. The highest BCUT2D eigenvalue weighted by Crippen LogP contribution is 2.45. The average molecular weight is 257 g/mol. The van der Waals surface area contributed by atoms with Gasteiger partial charge in [0.1, 0.15) is 0 Å². The summed E-state index contributed by atoms with van der Waals surface area (Å²) in [5.41, 5.74) is 0.605. The Balaban J connectivity index is 2.44. The summed E-state index contributed by atoms with van der Waals surface area (Å²) in [4.78, 5) is 10.5. The molecule has 0 spiro atoms. The minimum Gasteiger partial charge on any atom is -0.481 e. The van der Waals surface area contributed by atoms with Crippen molar-refractivity contribution in [2.75, 3.05) is 6.54 Å². The first-order chi connectivity index (χ1) is 8.10. The van der Waals surface area contributed by atoms with Crippen molar-refractivity contribution in [1.82, 2.24) is 5.32 Å². The van der Waals surface area contributed by atoms with Crippen molar-refractivity contribution in [2.45, 2.75) is 65.5 Å². The topological polar surface area (TPSA) is 69.6 Å². The zero-order chi connectivity index (χ0) is 14.0. The van der Waals surface area contributed by atoms with Crippen LogP contribution in [0.1, 0.15) is 53.4 Å². The van der Waals surface area contributed by atoms with Gasteiger partial charge in [-0.2, -0.15) is 0 Å². The second-order valence-corrected chi connectivity index (χ2v) is 7.27. The van der Waals surface area contributed by atoms with Gasteiger partial charge in [0.15, 0.2) is 0 Å². The van der Waals surface area contributed by atoms with Gasteiger partial charge >= 0.3 is 5.97 Å². The molecule has 106 valence electrons. The smallest absolute Gasteiger partial charge is 0.306 e. The number of nitrogens with one attached hydrogen (secondary N) is 1. The van der Waals surface area contributed by atoms with Crippen molar-refractivity contribution in [3.8, 4) is 0 Å². The van der Waals surface area contributed by atoms with Crippen molar-refractivity contribution < 1.29 is 15.0 Å². The Bertz CT molecular complexity index is 283. The number of aliphatic carboxylic acids is 1. The monoisotopic (exact) mass is 257 g/mol. The molecule has 3 N–H and O–H groups in total. The van der Waals surface area contributed by atoms with Crippen LogP contribution in [0.2, 0.25) is 0 Å². The van der Waals surface area contributed by atoms with E-state index in [1.165, 1.54) is 6.42 Å². The Morgan fingerprint density at radius 2 is 1.78 bits per heavy atom. The van der Waals surface area contributed by atoms with Crippen LogP contribution in [0.5, 0.6) is 0 Å². The maximum Gasteiger partial charge on any atom is 0.306 e. The molecule has 1 unspecified atom stereocenters. The summed E-state index contributed by atoms with van der Waals surface area (Å²) in [6.07, 6.45) is 2.38. The van der Waals surface area contributed by atoms with E-state index in [1.54, 1.807) is 0 Å². The fourth-order valence-corrected chi connectivity index (χ4v) is 3.57.